The largest absolute Gasteiger partial charge is 0.494 e. The summed E-state index contributed by atoms with van der Waals surface area (Å²) in [6.07, 6.45) is 7.56. The molecule has 0 amide bonds. The molecule has 0 bridgehead atoms. The number of anilines is 1. The number of fused-ring (bicyclic) bond motifs is 1. The number of carbonyl (C=O) groups excluding carboxylic acids is 1. The van der Waals surface area contributed by atoms with Crippen molar-refractivity contribution in [3.63, 3.8) is 0 Å². The van der Waals surface area contributed by atoms with Gasteiger partial charge in [0.15, 0.2) is 0 Å². The maximum atomic E-state index is 12.4. The second kappa shape index (κ2) is 9.61. The number of allylic oxidation sites excluding steroid dienone is 3. The SMILES string of the molecule is C/C=C\C=C(/C)CNc1c(C(=O)OCC)cnc2ccc(OCC)cc12. The molecule has 1 heterocycles. The van der Waals surface area contributed by atoms with E-state index in [1.165, 1.54) is 0 Å². The van der Waals surface area contributed by atoms with E-state index in [2.05, 4.69) is 10.3 Å². The molecule has 0 spiro atoms. The normalized spacial score (nSPS) is 11.8. The minimum Gasteiger partial charge on any atom is -0.494 e. The maximum Gasteiger partial charge on any atom is 0.341 e. The molecule has 5 nitrogen and oxygen atoms in total. The molecule has 0 aliphatic heterocycles. The number of hydrogen-bond acceptors (Lipinski definition) is 5. The van der Waals surface area contributed by atoms with Gasteiger partial charge in [-0.2, -0.15) is 0 Å². The summed E-state index contributed by atoms with van der Waals surface area (Å²) in [6.45, 7) is 9.23. The second-order valence-corrected chi connectivity index (χ2v) is 5.77. The minimum absolute atomic E-state index is 0.315. The van der Waals surface area contributed by atoms with E-state index in [0.29, 0.717) is 31.0 Å². The fourth-order valence-electron chi connectivity index (χ4n) is 2.53. The van der Waals surface area contributed by atoms with Crippen LogP contribution in [0.2, 0.25) is 0 Å². The van der Waals surface area contributed by atoms with Gasteiger partial charge in [0.1, 0.15) is 11.3 Å². The zero-order valence-corrected chi connectivity index (χ0v) is 15.8. The third kappa shape index (κ3) is 4.85. The van der Waals surface area contributed by atoms with Crippen LogP contribution in [0.3, 0.4) is 0 Å². The van der Waals surface area contributed by atoms with Crippen LogP contribution in [0.4, 0.5) is 5.69 Å². The summed E-state index contributed by atoms with van der Waals surface area (Å²) >= 11 is 0. The first-order valence-electron chi connectivity index (χ1n) is 8.85. The standard InChI is InChI=1S/C21H26N2O3/c1-5-8-9-15(4)13-23-20-17-12-16(25-6-2)10-11-19(17)22-14-18(20)21(24)26-7-3/h5,8-12,14H,6-7,13H2,1-4H3,(H,22,23)/b8-5-,15-9+. The lowest BCUT2D eigenvalue weighted by molar-refractivity contribution is 0.0527. The van der Waals surface area contributed by atoms with E-state index >= 15 is 0 Å². The molecule has 0 fully saturated rings. The third-order valence-corrected chi connectivity index (χ3v) is 3.76. The number of aromatic nitrogens is 1. The van der Waals surface area contributed by atoms with Crippen molar-refractivity contribution in [1.29, 1.82) is 0 Å². The average molecular weight is 354 g/mol. The Morgan fingerprint density at radius 3 is 2.77 bits per heavy atom. The molecule has 0 aliphatic carbocycles. The number of benzene rings is 1. The van der Waals surface area contributed by atoms with Gasteiger partial charge in [0.05, 0.1) is 24.4 Å². The van der Waals surface area contributed by atoms with Crippen LogP contribution in [-0.2, 0) is 4.74 Å². The lowest BCUT2D eigenvalue weighted by Crippen LogP contribution is -2.12. The molecule has 5 heteroatoms. The fraction of sp³-hybridized carbons (Fsp3) is 0.333. The first-order chi connectivity index (χ1) is 12.6. The predicted molar refractivity (Wildman–Crippen MR) is 106 cm³/mol. The number of nitrogens with zero attached hydrogens (tertiary/aromatic N) is 1. The van der Waals surface area contributed by atoms with Crippen LogP contribution in [0.1, 0.15) is 38.1 Å². The molecular formula is C21H26N2O3. The van der Waals surface area contributed by atoms with E-state index in [-0.39, 0.29) is 5.97 Å². The summed E-state index contributed by atoms with van der Waals surface area (Å²) in [6, 6.07) is 5.68. The Kier molecular flexibility index (Phi) is 7.21. The van der Waals surface area contributed by atoms with E-state index in [9.17, 15) is 4.79 Å². The summed E-state index contributed by atoms with van der Waals surface area (Å²) in [4.78, 5) is 16.8. The summed E-state index contributed by atoms with van der Waals surface area (Å²) in [5, 5.41) is 4.21. The topological polar surface area (TPSA) is 60.5 Å². The smallest absolute Gasteiger partial charge is 0.341 e. The second-order valence-electron chi connectivity index (χ2n) is 5.77. The molecule has 2 aromatic rings. The van der Waals surface area contributed by atoms with Gasteiger partial charge in [-0.05, 0) is 45.9 Å². The van der Waals surface area contributed by atoms with Gasteiger partial charge in [-0.3, -0.25) is 4.98 Å². The number of carbonyl (C=O) groups is 1. The van der Waals surface area contributed by atoms with Crippen molar-refractivity contribution in [2.24, 2.45) is 0 Å². The lowest BCUT2D eigenvalue weighted by Gasteiger charge is -2.15. The predicted octanol–water partition coefficient (Wildman–Crippen LogP) is 4.74. The molecule has 138 valence electrons. The molecule has 0 aliphatic rings. The van der Waals surface area contributed by atoms with E-state index in [1.807, 2.05) is 57.2 Å². The number of esters is 1. The zero-order valence-electron chi connectivity index (χ0n) is 15.8. The maximum absolute atomic E-state index is 12.4. The third-order valence-electron chi connectivity index (χ3n) is 3.76. The van der Waals surface area contributed by atoms with Crippen molar-refractivity contribution in [3.05, 3.63) is 53.8 Å². The Balaban J connectivity index is 2.49. The van der Waals surface area contributed by atoms with E-state index in [1.54, 1.807) is 13.1 Å². The van der Waals surface area contributed by atoms with Gasteiger partial charge < -0.3 is 14.8 Å². The van der Waals surface area contributed by atoms with Gasteiger partial charge in [-0.15, -0.1) is 0 Å². The first kappa shape index (κ1) is 19.5. The van der Waals surface area contributed by atoms with Crippen LogP contribution in [-0.4, -0.2) is 30.7 Å². The van der Waals surface area contributed by atoms with Gasteiger partial charge in [0.25, 0.3) is 0 Å². The van der Waals surface area contributed by atoms with Crippen molar-refractivity contribution >= 4 is 22.6 Å². The van der Waals surface area contributed by atoms with Gasteiger partial charge in [-0.1, -0.05) is 23.8 Å². The van der Waals surface area contributed by atoms with Crippen LogP contribution >= 0.6 is 0 Å². The van der Waals surface area contributed by atoms with Crippen molar-refractivity contribution in [2.45, 2.75) is 27.7 Å². The monoisotopic (exact) mass is 354 g/mol. The van der Waals surface area contributed by atoms with E-state index in [4.69, 9.17) is 9.47 Å². The van der Waals surface area contributed by atoms with Crippen molar-refractivity contribution < 1.29 is 14.3 Å². The number of pyridine rings is 1. The van der Waals surface area contributed by atoms with Crippen molar-refractivity contribution in [3.8, 4) is 5.75 Å². The number of nitrogens with one attached hydrogen (secondary N) is 1. The van der Waals surface area contributed by atoms with Crippen LogP contribution in [0.5, 0.6) is 5.75 Å². The highest BCUT2D eigenvalue weighted by Crippen LogP contribution is 2.30. The highest BCUT2D eigenvalue weighted by molar-refractivity contribution is 6.05. The Hall–Kier alpha value is -2.82. The average Bonchev–Trinajstić information content (AvgIpc) is 2.64. The van der Waals surface area contributed by atoms with E-state index in [0.717, 1.165) is 22.2 Å². The Morgan fingerprint density at radius 2 is 2.08 bits per heavy atom. The molecular weight excluding hydrogens is 328 g/mol. The number of hydrogen-bond donors (Lipinski definition) is 1. The molecule has 26 heavy (non-hydrogen) atoms. The molecule has 0 unspecified atom stereocenters. The minimum atomic E-state index is -0.388. The summed E-state index contributed by atoms with van der Waals surface area (Å²) in [5.41, 5.74) is 3.07. The van der Waals surface area contributed by atoms with Crippen LogP contribution in [0.25, 0.3) is 10.9 Å². The number of rotatable bonds is 8. The van der Waals surface area contributed by atoms with Crippen LogP contribution < -0.4 is 10.1 Å². The zero-order chi connectivity index (χ0) is 18.9. The molecule has 0 saturated heterocycles. The Bertz CT molecular complexity index is 825. The molecule has 1 aromatic carbocycles. The van der Waals surface area contributed by atoms with Gasteiger partial charge in [-0.25, -0.2) is 4.79 Å². The molecule has 0 saturated carbocycles. The lowest BCUT2D eigenvalue weighted by atomic mass is 10.1. The summed E-state index contributed by atoms with van der Waals surface area (Å²) in [5.74, 6) is 0.355. The van der Waals surface area contributed by atoms with Gasteiger partial charge >= 0.3 is 5.97 Å². The van der Waals surface area contributed by atoms with Gasteiger partial charge in [0, 0.05) is 18.1 Å². The first-order valence-corrected chi connectivity index (χ1v) is 8.85. The number of ether oxygens (including phenoxy) is 2. The highest BCUT2D eigenvalue weighted by Gasteiger charge is 2.17. The van der Waals surface area contributed by atoms with Crippen molar-refractivity contribution in [2.75, 3.05) is 25.1 Å². The molecule has 0 atom stereocenters. The molecule has 2 rings (SSSR count). The molecule has 1 N–H and O–H groups in total. The Labute approximate surface area is 154 Å². The quantitative estimate of drug-likeness (QED) is 0.548. The van der Waals surface area contributed by atoms with E-state index < -0.39 is 0 Å². The fourth-order valence-corrected chi connectivity index (χ4v) is 2.53. The highest BCUT2D eigenvalue weighted by atomic mass is 16.5. The molecule has 0 radical (unpaired) electrons. The Morgan fingerprint density at radius 1 is 1.27 bits per heavy atom. The van der Waals surface area contributed by atoms with Gasteiger partial charge in [0.2, 0.25) is 0 Å². The van der Waals surface area contributed by atoms with Crippen LogP contribution in [0, 0.1) is 0 Å². The van der Waals surface area contributed by atoms with Crippen molar-refractivity contribution in [1.82, 2.24) is 4.98 Å². The summed E-state index contributed by atoms with van der Waals surface area (Å²) in [7, 11) is 0. The molecule has 1 aromatic heterocycles. The van der Waals surface area contributed by atoms with Crippen LogP contribution in [0.15, 0.2) is 48.2 Å². The summed E-state index contributed by atoms with van der Waals surface area (Å²) < 4.78 is 10.8.